The van der Waals surface area contributed by atoms with Crippen LogP contribution in [0.3, 0.4) is 0 Å². The zero-order valence-electron chi connectivity index (χ0n) is 18.9. The molecule has 1 amide bonds. The molecule has 1 atom stereocenters. The summed E-state index contributed by atoms with van der Waals surface area (Å²) in [5.41, 5.74) is 2.90. The van der Waals surface area contributed by atoms with Gasteiger partial charge in [-0.15, -0.1) is 0 Å². The summed E-state index contributed by atoms with van der Waals surface area (Å²) in [5, 5.41) is 31.3. The van der Waals surface area contributed by atoms with E-state index in [1.165, 1.54) is 11.3 Å². The van der Waals surface area contributed by atoms with Crippen LogP contribution in [0.2, 0.25) is 0 Å². The second-order valence-corrected chi connectivity index (χ2v) is 8.58. The van der Waals surface area contributed by atoms with E-state index in [2.05, 4.69) is 16.4 Å². The number of aliphatic hydroxyl groups is 2. The Morgan fingerprint density at radius 2 is 1.71 bits per heavy atom. The number of carbonyl (C=O) groups excluding carboxylic acids is 1. The summed E-state index contributed by atoms with van der Waals surface area (Å²) in [5.74, 6) is 0.684. The van der Waals surface area contributed by atoms with Crippen molar-refractivity contribution in [3.05, 3.63) is 82.9 Å². The number of aliphatic hydroxyl groups excluding tert-OH is 2. The quantitative estimate of drug-likeness (QED) is 0.320. The molecule has 0 radical (unpaired) electrons. The number of rotatable bonds is 9. The van der Waals surface area contributed by atoms with Crippen molar-refractivity contribution in [2.45, 2.75) is 26.2 Å². The second-order valence-electron chi connectivity index (χ2n) is 7.55. The molecule has 0 saturated carbocycles. The number of nitriles is 1. The summed E-state index contributed by atoms with van der Waals surface area (Å²) in [4.78, 5) is 17.8. The van der Waals surface area contributed by atoms with Gasteiger partial charge < -0.3 is 19.7 Å². The van der Waals surface area contributed by atoms with Crippen LogP contribution >= 0.6 is 11.3 Å². The molecular weight excluding hydrogens is 466 g/mol. The van der Waals surface area contributed by atoms with Crippen molar-refractivity contribution in [2.75, 3.05) is 11.9 Å². The zero-order chi connectivity index (χ0) is 24.8. The first-order valence-corrected chi connectivity index (χ1v) is 11.7. The highest BCUT2D eigenvalue weighted by molar-refractivity contribution is 7.22. The monoisotopic (exact) mass is 489 g/mol. The molecule has 0 bridgehead atoms. The largest absolute Gasteiger partial charge is 0.494 e. The number of hydrogen-bond donors (Lipinski definition) is 3. The van der Waals surface area contributed by atoms with E-state index in [4.69, 9.17) is 14.7 Å². The molecule has 3 aromatic carbocycles. The predicted molar refractivity (Wildman–Crippen MR) is 132 cm³/mol. The number of hydrogen-bond acceptors (Lipinski definition) is 8. The van der Waals surface area contributed by atoms with Gasteiger partial charge in [0.25, 0.3) is 5.91 Å². The van der Waals surface area contributed by atoms with Gasteiger partial charge in [-0.05, 0) is 66.6 Å². The van der Waals surface area contributed by atoms with Gasteiger partial charge in [0.15, 0.2) is 5.13 Å². The Hall–Kier alpha value is -3.97. The minimum atomic E-state index is -0.994. The van der Waals surface area contributed by atoms with Crippen LogP contribution in [0, 0.1) is 11.3 Å². The van der Waals surface area contributed by atoms with Crippen molar-refractivity contribution in [1.82, 2.24) is 4.98 Å². The molecule has 1 heterocycles. The van der Waals surface area contributed by atoms with Crippen molar-refractivity contribution in [3.8, 4) is 17.6 Å². The first kappa shape index (κ1) is 24.2. The van der Waals surface area contributed by atoms with Gasteiger partial charge in [-0.25, -0.2) is 4.98 Å². The van der Waals surface area contributed by atoms with Gasteiger partial charge in [-0.1, -0.05) is 23.5 Å². The Morgan fingerprint density at radius 3 is 2.34 bits per heavy atom. The normalized spacial score (nSPS) is 11.6. The van der Waals surface area contributed by atoms with Crippen molar-refractivity contribution >= 4 is 32.6 Å². The molecule has 1 unspecified atom stereocenters. The molecule has 35 heavy (non-hydrogen) atoms. The van der Waals surface area contributed by atoms with Gasteiger partial charge in [-0.2, -0.15) is 5.26 Å². The summed E-state index contributed by atoms with van der Waals surface area (Å²) in [6.45, 7) is 1.99. The predicted octanol–water partition coefficient (Wildman–Crippen LogP) is 4.31. The topological polar surface area (TPSA) is 125 Å². The van der Waals surface area contributed by atoms with Crippen molar-refractivity contribution < 1.29 is 24.5 Å². The number of anilines is 1. The van der Waals surface area contributed by atoms with Crippen LogP contribution in [0.1, 0.15) is 35.3 Å². The highest BCUT2D eigenvalue weighted by Gasteiger charge is 2.24. The fourth-order valence-electron chi connectivity index (χ4n) is 3.50. The third-order valence-electron chi connectivity index (χ3n) is 5.25. The second kappa shape index (κ2) is 11.0. The van der Waals surface area contributed by atoms with E-state index in [-0.39, 0.29) is 13.2 Å². The van der Waals surface area contributed by atoms with E-state index >= 15 is 0 Å². The molecule has 0 aliphatic heterocycles. The van der Waals surface area contributed by atoms with E-state index in [0.29, 0.717) is 51.0 Å². The maximum absolute atomic E-state index is 13.3. The van der Waals surface area contributed by atoms with E-state index in [1.807, 2.05) is 6.92 Å². The lowest BCUT2D eigenvalue weighted by atomic mass is 10.1. The van der Waals surface area contributed by atoms with Crippen molar-refractivity contribution in [3.63, 3.8) is 0 Å². The molecule has 3 N–H and O–H groups in total. The minimum Gasteiger partial charge on any atom is -0.494 e. The average Bonchev–Trinajstić information content (AvgIpc) is 3.28. The van der Waals surface area contributed by atoms with E-state index < -0.39 is 12.0 Å². The smallest absolute Gasteiger partial charge is 0.271 e. The van der Waals surface area contributed by atoms with Crippen molar-refractivity contribution in [1.29, 1.82) is 5.26 Å². The van der Waals surface area contributed by atoms with Crippen LogP contribution < -0.4 is 14.8 Å². The molecule has 1 aromatic heterocycles. The molecule has 0 spiro atoms. The number of thiazole rings is 1. The molecule has 0 aliphatic carbocycles. The number of aromatic nitrogens is 1. The lowest BCUT2D eigenvalue weighted by molar-refractivity contribution is -0.123. The Morgan fingerprint density at radius 1 is 1.06 bits per heavy atom. The van der Waals surface area contributed by atoms with E-state index in [1.54, 1.807) is 60.7 Å². The molecule has 8 nitrogen and oxygen atoms in total. The Balaban J connectivity index is 1.62. The van der Waals surface area contributed by atoms with Crippen LogP contribution in [-0.4, -0.2) is 27.7 Å². The van der Waals surface area contributed by atoms with Gasteiger partial charge in [0, 0.05) is 5.56 Å². The van der Waals surface area contributed by atoms with Crippen LogP contribution in [0.5, 0.6) is 11.5 Å². The molecular formula is C26H23N3O5S. The maximum atomic E-state index is 13.3. The maximum Gasteiger partial charge on any atom is 0.271 e. The highest BCUT2D eigenvalue weighted by atomic mass is 32.1. The minimum absolute atomic E-state index is 0.205. The van der Waals surface area contributed by atoms with Crippen LogP contribution in [0.15, 0.2) is 60.7 Å². The molecule has 0 aliphatic rings. The van der Waals surface area contributed by atoms with Crippen LogP contribution in [0.4, 0.5) is 5.13 Å². The molecule has 4 rings (SSSR count). The number of ether oxygens (including phenoxy) is 2. The summed E-state index contributed by atoms with van der Waals surface area (Å²) in [7, 11) is 0. The molecule has 0 fully saturated rings. The average molecular weight is 490 g/mol. The van der Waals surface area contributed by atoms with Crippen LogP contribution in [-0.2, 0) is 18.0 Å². The van der Waals surface area contributed by atoms with E-state index in [0.717, 1.165) is 4.70 Å². The molecule has 0 saturated heterocycles. The molecule has 178 valence electrons. The molecule has 4 aromatic rings. The standard InChI is InChI=1S/C26H23N3O5S/c1-2-33-20-9-5-17(6-10-20)24(34-21-7-3-16(13-27)4-8-21)25(32)29-26-28-22-11-18(14-30)19(15-31)12-23(22)35-26/h3-12,24,30-31H,2,14-15H2,1H3,(H,28,29,32). The zero-order valence-corrected chi connectivity index (χ0v) is 19.7. The van der Waals surface area contributed by atoms with Gasteiger partial charge in [0.2, 0.25) is 6.10 Å². The number of nitrogens with one attached hydrogen (secondary N) is 1. The van der Waals surface area contributed by atoms with Crippen LogP contribution in [0.25, 0.3) is 10.2 Å². The van der Waals surface area contributed by atoms with Gasteiger partial charge in [0.1, 0.15) is 11.5 Å². The molecule has 9 heteroatoms. The Bertz CT molecular complexity index is 1320. The van der Waals surface area contributed by atoms with Gasteiger partial charge >= 0.3 is 0 Å². The summed E-state index contributed by atoms with van der Waals surface area (Å²) in [6, 6.07) is 19.1. The van der Waals surface area contributed by atoms with Gasteiger partial charge in [-0.3, -0.25) is 10.1 Å². The van der Waals surface area contributed by atoms with Crippen molar-refractivity contribution in [2.24, 2.45) is 0 Å². The number of amides is 1. The SMILES string of the molecule is CCOc1ccc(C(Oc2ccc(C#N)cc2)C(=O)Nc2nc3cc(CO)c(CO)cc3s2)cc1. The number of carbonyl (C=O) groups is 1. The van der Waals surface area contributed by atoms with E-state index in [9.17, 15) is 15.0 Å². The summed E-state index contributed by atoms with van der Waals surface area (Å²) < 4.78 is 12.3. The van der Waals surface area contributed by atoms with Gasteiger partial charge in [0.05, 0.1) is 41.7 Å². The fourth-order valence-corrected chi connectivity index (χ4v) is 4.41. The lowest BCUT2D eigenvalue weighted by Gasteiger charge is -2.19. The highest BCUT2D eigenvalue weighted by Crippen LogP contribution is 2.31. The number of fused-ring (bicyclic) bond motifs is 1. The number of nitrogens with zero attached hydrogens (tertiary/aromatic N) is 2. The summed E-state index contributed by atoms with van der Waals surface area (Å²) in [6.07, 6.45) is -0.994. The first-order chi connectivity index (χ1) is 17.0. The Labute approximate surface area is 206 Å². The lowest BCUT2D eigenvalue weighted by Crippen LogP contribution is -2.25. The third-order valence-corrected chi connectivity index (χ3v) is 6.18. The third kappa shape index (κ3) is 5.58. The fraction of sp³-hybridized carbons (Fsp3) is 0.192. The first-order valence-electron chi connectivity index (χ1n) is 10.9. The Kier molecular flexibility index (Phi) is 7.57. The summed E-state index contributed by atoms with van der Waals surface area (Å²) >= 11 is 1.26. The number of benzene rings is 3.